The number of anilines is 1. The van der Waals surface area contributed by atoms with Crippen LogP contribution in [0.3, 0.4) is 0 Å². The van der Waals surface area contributed by atoms with Crippen molar-refractivity contribution < 1.29 is 4.74 Å². The van der Waals surface area contributed by atoms with Crippen LogP contribution in [0.25, 0.3) is 11.4 Å². The predicted molar refractivity (Wildman–Crippen MR) is 90.0 cm³/mol. The van der Waals surface area contributed by atoms with Crippen LogP contribution >= 0.6 is 15.9 Å². The van der Waals surface area contributed by atoms with Crippen molar-refractivity contribution in [1.29, 1.82) is 0 Å². The van der Waals surface area contributed by atoms with Crippen molar-refractivity contribution in [3.8, 4) is 17.1 Å². The molecule has 0 unspecified atom stereocenters. The van der Waals surface area contributed by atoms with E-state index in [4.69, 9.17) is 9.72 Å². The third-order valence-corrected chi connectivity index (χ3v) is 3.90. The van der Waals surface area contributed by atoms with Gasteiger partial charge in [-0.1, -0.05) is 26.0 Å². The molecule has 0 aliphatic carbocycles. The van der Waals surface area contributed by atoms with E-state index in [-0.39, 0.29) is 0 Å². The Morgan fingerprint density at radius 2 is 1.95 bits per heavy atom. The Kier molecular flexibility index (Phi) is 5.17. The summed E-state index contributed by atoms with van der Waals surface area (Å²) in [6.07, 6.45) is 0. The zero-order valence-corrected chi connectivity index (χ0v) is 14.4. The molecule has 1 aromatic carbocycles. The second kappa shape index (κ2) is 6.89. The molecule has 0 radical (unpaired) electrons. The number of ether oxygens (including phenoxy) is 1. The lowest BCUT2D eigenvalue weighted by molar-refractivity contribution is 0.416. The van der Waals surface area contributed by atoms with Gasteiger partial charge in [-0.3, -0.25) is 0 Å². The highest BCUT2D eigenvalue weighted by atomic mass is 79.9. The van der Waals surface area contributed by atoms with Crippen molar-refractivity contribution in [1.82, 2.24) is 9.97 Å². The largest absolute Gasteiger partial charge is 0.496 e. The van der Waals surface area contributed by atoms with Crippen LogP contribution in [0.1, 0.15) is 32.4 Å². The van der Waals surface area contributed by atoms with E-state index in [1.807, 2.05) is 31.2 Å². The number of benzene rings is 1. The van der Waals surface area contributed by atoms with Crippen molar-refractivity contribution in [2.45, 2.75) is 26.7 Å². The van der Waals surface area contributed by atoms with Gasteiger partial charge < -0.3 is 10.1 Å². The van der Waals surface area contributed by atoms with Gasteiger partial charge in [-0.25, -0.2) is 9.97 Å². The number of hydrogen-bond acceptors (Lipinski definition) is 4. The van der Waals surface area contributed by atoms with Gasteiger partial charge in [0.25, 0.3) is 0 Å². The van der Waals surface area contributed by atoms with E-state index in [2.05, 4.69) is 40.1 Å². The molecule has 1 N–H and O–H groups in total. The first-order valence-corrected chi connectivity index (χ1v) is 7.82. The number of aromatic nitrogens is 2. The Bertz CT molecular complexity index is 629. The SMILES string of the molecule is CCNc1nc(-c2ccccc2OC)nc(C(C)C)c1Br. The molecular formula is C16H20BrN3O. The van der Waals surface area contributed by atoms with Crippen molar-refractivity contribution in [3.63, 3.8) is 0 Å². The van der Waals surface area contributed by atoms with Crippen LogP contribution in [0.4, 0.5) is 5.82 Å². The van der Waals surface area contributed by atoms with E-state index in [0.29, 0.717) is 11.7 Å². The molecule has 0 saturated heterocycles. The molecular weight excluding hydrogens is 330 g/mol. The van der Waals surface area contributed by atoms with E-state index in [1.54, 1.807) is 7.11 Å². The lowest BCUT2D eigenvalue weighted by Crippen LogP contribution is -2.07. The number of nitrogens with one attached hydrogen (secondary N) is 1. The fourth-order valence-corrected chi connectivity index (χ4v) is 2.86. The number of methoxy groups -OCH3 is 1. The third kappa shape index (κ3) is 3.35. The summed E-state index contributed by atoms with van der Waals surface area (Å²) in [6, 6.07) is 7.80. The van der Waals surface area contributed by atoms with Crippen LogP contribution in [-0.4, -0.2) is 23.6 Å². The van der Waals surface area contributed by atoms with Gasteiger partial charge in [-0.2, -0.15) is 0 Å². The molecule has 0 fully saturated rings. The second-order valence-electron chi connectivity index (χ2n) is 4.98. The van der Waals surface area contributed by atoms with Crippen molar-refractivity contribution in [3.05, 3.63) is 34.4 Å². The predicted octanol–water partition coefficient (Wildman–Crippen LogP) is 4.47. The summed E-state index contributed by atoms with van der Waals surface area (Å²) in [5, 5.41) is 3.28. The summed E-state index contributed by atoms with van der Waals surface area (Å²) in [5.74, 6) is 2.57. The molecule has 4 nitrogen and oxygen atoms in total. The second-order valence-corrected chi connectivity index (χ2v) is 5.77. The van der Waals surface area contributed by atoms with Crippen LogP contribution in [-0.2, 0) is 0 Å². The fourth-order valence-electron chi connectivity index (χ4n) is 2.08. The highest BCUT2D eigenvalue weighted by Gasteiger charge is 2.17. The van der Waals surface area contributed by atoms with Crippen molar-refractivity contribution in [2.75, 3.05) is 19.0 Å². The van der Waals surface area contributed by atoms with E-state index < -0.39 is 0 Å². The van der Waals surface area contributed by atoms with Gasteiger partial charge in [0.15, 0.2) is 5.82 Å². The zero-order valence-electron chi connectivity index (χ0n) is 12.8. The lowest BCUT2D eigenvalue weighted by Gasteiger charge is -2.15. The molecule has 0 aliphatic heterocycles. The normalized spacial score (nSPS) is 10.8. The average Bonchev–Trinajstić information content (AvgIpc) is 2.49. The lowest BCUT2D eigenvalue weighted by atomic mass is 10.1. The average molecular weight is 350 g/mol. The molecule has 2 aromatic rings. The number of nitrogens with zero attached hydrogens (tertiary/aromatic N) is 2. The molecule has 0 aliphatic rings. The number of rotatable bonds is 5. The Morgan fingerprint density at radius 1 is 1.24 bits per heavy atom. The summed E-state index contributed by atoms with van der Waals surface area (Å²) in [5.41, 5.74) is 1.88. The Morgan fingerprint density at radius 3 is 2.57 bits per heavy atom. The summed E-state index contributed by atoms with van der Waals surface area (Å²) < 4.78 is 6.35. The Hall–Kier alpha value is -1.62. The van der Waals surface area contributed by atoms with E-state index >= 15 is 0 Å². The molecule has 1 aromatic heterocycles. The minimum Gasteiger partial charge on any atom is -0.496 e. The van der Waals surface area contributed by atoms with Crippen LogP contribution < -0.4 is 10.1 Å². The highest BCUT2D eigenvalue weighted by Crippen LogP contribution is 2.34. The Balaban J connectivity index is 2.63. The smallest absolute Gasteiger partial charge is 0.165 e. The molecule has 112 valence electrons. The first-order chi connectivity index (χ1) is 10.1. The fraction of sp³-hybridized carbons (Fsp3) is 0.375. The topological polar surface area (TPSA) is 47.0 Å². The molecule has 21 heavy (non-hydrogen) atoms. The number of hydrogen-bond donors (Lipinski definition) is 1. The van der Waals surface area contributed by atoms with Gasteiger partial charge >= 0.3 is 0 Å². The third-order valence-electron chi connectivity index (χ3n) is 3.12. The van der Waals surface area contributed by atoms with Gasteiger partial charge in [-0.15, -0.1) is 0 Å². The zero-order chi connectivity index (χ0) is 15.4. The number of para-hydroxylation sites is 1. The molecule has 0 saturated carbocycles. The van der Waals surface area contributed by atoms with Crippen molar-refractivity contribution in [2.24, 2.45) is 0 Å². The van der Waals surface area contributed by atoms with Gasteiger partial charge in [-0.05, 0) is 40.9 Å². The monoisotopic (exact) mass is 349 g/mol. The van der Waals surface area contributed by atoms with Crippen LogP contribution in [0.15, 0.2) is 28.7 Å². The summed E-state index contributed by atoms with van der Waals surface area (Å²) in [4.78, 5) is 9.35. The number of halogens is 1. The van der Waals surface area contributed by atoms with Crippen LogP contribution in [0.2, 0.25) is 0 Å². The maximum Gasteiger partial charge on any atom is 0.165 e. The maximum absolute atomic E-state index is 5.42. The minimum atomic E-state index is 0.299. The van der Waals surface area contributed by atoms with Gasteiger partial charge in [0, 0.05) is 6.54 Å². The van der Waals surface area contributed by atoms with E-state index in [0.717, 1.165) is 33.8 Å². The summed E-state index contributed by atoms with van der Waals surface area (Å²) >= 11 is 3.61. The van der Waals surface area contributed by atoms with E-state index in [1.165, 1.54) is 0 Å². The van der Waals surface area contributed by atoms with Crippen LogP contribution in [0, 0.1) is 0 Å². The standard InChI is InChI=1S/C16H20BrN3O/c1-5-18-16-13(17)14(10(2)3)19-15(20-16)11-8-6-7-9-12(11)21-4/h6-10H,5H2,1-4H3,(H,18,19,20). The van der Waals surface area contributed by atoms with Gasteiger partial charge in [0.1, 0.15) is 11.6 Å². The summed E-state index contributed by atoms with van der Waals surface area (Å²) in [7, 11) is 1.66. The van der Waals surface area contributed by atoms with E-state index in [9.17, 15) is 0 Å². The first kappa shape index (κ1) is 15.8. The maximum atomic E-state index is 5.42. The van der Waals surface area contributed by atoms with Gasteiger partial charge in [0.05, 0.1) is 22.8 Å². The summed E-state index contributed by atoms with van der Waals surface area (Å²) in [6.45, 7) is 7.09. The quantitative estimate of drug-likeness (QED) is 0.864. The molecule has 0 amide bonds. The molecule has 5 heteroatoms. The van der Waals surface area contributed by atoms with Gasteiger partial charge in [0.2, 0.25) is 0 Å². The minimum absolute atomic E-state index is 0.299. The first-order valence-electron chi connectivity index (χ1n) is 7.03. The Labute approximate surface area is 134 Å². The molecule has 0 atom stereocenters. The molecule has 1 heterocycles. The molecule has 2 rings (SSSR count). The van der Waals surface area contributed by atoms with Crippen molar-refractivity contribution >= 4 is 21.7 Å². The highest BCUT2D eigenvalue weighted by molar-refractivity contribution is 9.10. The molecule has 0 bridgehead atoms. The molecule has 0 spiro atoms. The van der Waals surface area contributed by atoms with Crippen LogP contribution in [0.5, 0.6) is 5.75 Å².